The van der Waals surface area contributed by atoms with E-state index in [0.717, 1.165) is 25.7 Å². The van der Waals surface area contributed by atoms with Crippen LogP contribution in [0.2, 0.25) is 0 Å². The Kier molecular flexibility index (Phi) is 11.9. The van der Waals surface area contributed by atoms with Crippen LogP contribution in [0.5, 0.6) is 0 Å². The first-order chi connectivity index (χ1) is 24.4. The second-order valence-corrected chi connectivity index (χ2v) is 19.7. The van der Waals surface area contributed by atoms with Crippen LogP contribution in [0.15, 0.2) is 24.3 Å². The minimum absolute atomic E-state index is 0.000925. The molecule has 0 aromatic rings. The molecule has 2 aliphatic heterocycles. The van der Waals surface area contributed by atoms with Gasteiger partial charge in [0, 0.05) is 31.1 Å². The number of hydrogen-bond acceptors (Lipinski definition) is 9. The highest BCUT2D eigenvalue weighted by Gasteiger charge is 2.67. The van der Waals surface area contributed by atoms with Crippen molar-refractivity contribution in [2.24, 2.45) is 45.3 Å². The molecule has 0 radical (unpaired) electrons. The average molecular weight is 733 g/mol. The molecular formula is C43H72O9. The quantitative estimate of drug-likeness (QED) is 0.144. The summed E-state index contributed by atoms with van der Waals surface area (Å²) in [6.45, 7) is 20.1. The van der Waals surface area contributed by atoms with Crippen molar-refractivity contribution in [3.8, 4) is 0 Å². The summed E-state index contributed by atoms with van der Waals surface area (Å²) in [4.78, 5) is 0. The third-order valence-corrected chi connectivity index (χ3v) is 16.0. The van der Waals surface area contributed by atoms with Gasteiger partial charge in [-0.05, 0) is 112 Å². The Morgan fingerprint density at radius 2 is 1.50 bits per heavy atom. The Balaban J connectivity index is 1.16. The van der Waals surface area contributed by atoms with E-state index in [0.29, 0.717) is 55.8 Å². The summed E-state index contributed by atoms with van der Waals surface area (Å²) in [6, 6.07) is 0. The molecule has 15 atom stereocenters. The summed E-state index contributed by atoms with van der Waals surface area (Å²) < 4.78 is 25.0. The van der Waals surface area contributed by atoms with Gasteiger partial charge in [-0.2, -0.15) is 0 Å². The Morgan fingerprint density at radius 1 is 0.865 bits per heavy atom. The molecule has 0 bridgehead atoms. The summed E-state index contributed by atoms with van der Waals surface area (Å²) in [7, 11) is 0. The largest absolute Gasteiger partial charge is 0.394 e. The molecule has 5 fully saturated rings. The maximum absolute atomic E-state index is 11.2. The number of aliphatic hydroxyl groups excluding tert-OH is 4. The Morgan fingerprint density at radius 3 is 2.12 bits per heavy atom. The lowest BCUT2D eigenvalue weighted by Crippen LogP contribution is -2.59. The minimum atomic E-state index is -1.09. The number of aliphatic hydroxyl groups is 5. The third kappa shape index (κ3) is 7.38. The van der Waals surface area contributed by atoms with Crippen LogP contribution >= 0.6 is 0 Å². The second-order valence-electron chi connectivity index (χ2n) is 19.7. The summed E-state index contributed by atoms with van der Waals surface area (Å²) >= 11 is 0. The van der Waals surface area contributed by atoms with Crippen LogP contribution < -0.4 is 0 Å². The van der Waals surface area contributed by atoms with E-state index in [1.165, 1.54) is 25.7 Å². The molecule has 6 rings (SSSR count). The minimum Gasteiger partial charge on any atom is -0.394 e. The van der Waals surface area contributed by atoms with Crippen molar-refractivity contribution < 1.29 is 44.5 Å². The Bertz CT molecular complexity index is 1280. The van der Waals surface area contributed by atoms with E-state index >= 15 is 0 Å². The first kappa shape index (κ1) is 40.8. The van der Waals surface area contributed by atoms with Gasteiger partial charge in [0.2, 0.25) is 0 Å². The molecule has 4 aliphatic carbocycles. The van der Waals surface area contributed by atoms with Gasteiger partial charge >= 0.3 is 0 Å². The molecular weight excluding hydrogens is 660 g/mol. The van der Waals surface area contributed by atoms with Crippen molar-refractivity contribution in [1.29, 1.82) is 0 Å². The van der Waals surface area contributed by atoms with Crippen LogP contribution in [0.4, 0.5) is 0 Å². The maximum Gasteiger partial charge on any atom is 0.161 e. The topological polar surface area (TPSA) is 138 Å². The molecule has 6 aliphatic rings. The van der Waals surface area contributed by atoms with Crippen molar-refractivity contribution >= 4 is 0 Å². The molecule has 52 heavy (non-hydrogen) atoms. The lowest BCUT2D eigenvalue weighted by Gasteiger charge is -2.66. The van der Waals surface area contributed by atoms with Crippen LogP contribution in [0.1, 0.15) is 132 Å². The summed E-state index contributed by atoms with van der Waals surface area (Å²) in [5.41, 5.74) is 0.855. The van der Waals surface area contributed by atoms with E-state index in [4.69, 9.17) is 18.9 Å². The third-order valence-electron chi connectivity index (χ3n) is 16.0. The molecule has 5 N–H and O–H groups in total. The molecule has 9 heteroatoms. The molecule has 9 nitrogen and oxygen atoms in total. The number of rotatable bonds is 12. The van der Waals surface area contributed by atoms with Crippen LogP contribution in [-0.4, -0.2) is 93.6 Å². The first-order valence-corrected chi connectivity index (χ1v) is 20.6. The van der Waals surface area contributed by atoms with E-state index in [-0.39, 0.29) is 47.1 Å². The van der Waals surface area contributed by atoms with Gasteiger partial charge in [-0.15, -0.1) is 6.58 Å². The summed E-state index contributed by atoms with van der Waals surface area (Å²) in [6.07, 6.45) is 12.2. The number of ether oxygens (including phenoxy) is 4. The van der Waals surface area contributed by atoms with E-state index < -0.39 is 42.6 Å². The molecule has 0 amide bonds. The maximum atomic E-state index is 11.2. The zero-order chi connectivity index (χ0) is 37.9. The molecule has 0 aromatic carbocycles. The smallest absolute Gasteiger partial charge is 0.161 e. The molecule has 0 aromatic heterocycles. The fraction of sp³-hybridized carbons (Fsp3) is 0.907. The monoisotopic (exact) mass is 733 g/mol. The molecule has 2 heterocycles. The van der Waals surface area contributed by atoms with Crippen molar-refractivity contribution in [3.05, 3.63) is 24.3 Å². The van der Waals surface area contributed by atoms with Gasteiger partial charge in [-0.3, -0.25) is 0 Å². The fourth-order valence-corrected chi connectivity index (χ4v) is 12.7. The lowest BCUT2D eigenvalue weighted by atomic mass is 9.39. The van der Waals surface area contributed by atoms with Gasteiger partial charge < -0.3 is 44.5 Å². The Labute approximate surface area is 313 Å². The normalized spacial score (nSPS) is 46.0. The SMILES string of the molecule is C=C[C@H](CC[C@@H](O[C@H]1C[C@@H](O)C[C@@H](CO)O1)C(C)(C)O)C1CC[C@@]2(C)C3CC=C4C(CC[C@H](O[C@H]5C[C@@H](O)C[C@@H](CO)O5)C4(C)C)[C@]3(C)CC[C@]12C. The number of allylic oxidation sites excluding steroid dienone is 2. The summed E-state index contributed by atoms with van der Waals surface area (Å²) in [5, 5.41) is 51.4. The highest BCUT2D eigenvalue weighted by Crippen LogP contribution is 2.75. The second kappa shape index (κ2) is 15.2. The number of fused-ring (bicyclic) bond motifs is 5. The average Bonchev–Trinajstić information content (AvgIpc) is 3.35. The molecule has 298 valence electrons. The van der Waals surface area contributed by atoms with E-state index in [1.54, 1.807) is 19.4 Å². The standard InChI is InChI=1S/C43H72O9/c1-9-26(10-14-36(40(4,5)48)52-38-23-28(47)21-30(25-45)50-38)31-16-17-43(8)34-13-11-32-33(41(34,6)18-19-42(31,43)7)12-15-35(39(32,2)3)51-37-22-27(46)20-29(24-44)49-37/h9,11,26-31,33-38,44-48H,1,10,12-25H2,2-8H3/t26-,27+,28+,29+,30+,31?,33?,34?,35+,36-,37+,38+,41+,42-,43+/m1/s1. The fourth-order valence-electron chi connectivity index (χ4n) is 12.7. The molecule has 2 saturated heterocycles. The first-order valence-electron chi connectivity index (χ1n) is 20.6. The highest BCUT2D eigenvalue weighted by molar-refractivity contribution is 5.30. The van der Waals surface area contributed by atoms with Crippen molar-refractivity contribution in [2.45, 2.75) is 187 Å². The van der Waals surface area contributed by atoms with Crippen LogP contribution in [0.25, 0.3) is 0 Å². The van der Waals surface area contributed by atoms with E-state index in [9.17, 15) is 25.5 Å². The van der Waals surface area contributed by atoms with Gasteiger partial charge in [0.1, 0.15) is 0 Å². The van der Waals surface area contributed by atoms with Gasteiger partial charge in [-0.1, -0.05) is 52.3 Å². The molecule has 3 unspecified atom stereocenters. The van der Waals surface area contributed by atoms with Crippen molar-refractivity contribution in [2.75, 3.05) is 13.2 Å². The Hall–Kier alpha value is -0.880. The zero-order valence-corrected chi connectivity index (χ0v) is 33.3. The predicted molar refractivity (Wildman–Crippen MR) is 200 cm³/mol. The molecule has 0 spiro atoms. The lowest BCUT2D eigenvalue weighted by molar-refractivity contribution is -0.261. The van der Waals surface area contributed by atoms with Crippen LogP contribution in [0.3, 0.4) is 0 Å². The van der Waals surface area contributed by atoms with E-state index in [2.05, 4.69) is 53.3 Å². The van der Waals surface area contributed by atoms with Crippen LogP contribution in [-0.2, 0) is 18.9 Å². The van der Waals surface area contributed by atoms with E-state index in [1.807, 2.05) is 0 Å². The molecule has 3 saturated carbocycles. The highest BCUT2D eigenvalue weighted by atomic mass is 16.7. The van der Waals surface area contributed by atoms with Gasteiger partial charge in [0.25, 0.3) is 0 Å². The predicted octanol–water partition coefficient (Wildman–Crippen LogP) is 6.43. The van der Waals surface area contributed by atoms with Crippen LogP contribution in [0, 0.1) is 45.3 Å². The number of hydrogen-bond donors (Lipinski definition) is 5. The zero-order valence-electron chi connectivity index (χ0n) is 33.3. The van der Waals surface area contributed by atoms with Crippen molar-refractivity contribution in [3.63, 3.8) is 0 Å². The van der Waals surface area contributed by atoms with Crippen molar-refractivity contribution in [1.82, 2.24) is 0 Å². The van der Waals surface area contributed by atoms with Gasteiger partial charge in [0.05, 0.1) is 55.4 Å². The van der Waals surface area contributed by atoms with Gasteiger partial charge in [0.15, 0.2) is 12.6 Å². The van der Waals surface area contributed by atoms with Gasteiger partial charge in [-0.25, -0.2) is 0 Å². The summed E-state index contributed by atoms with van der Waals surface area (Å²) in [5.74, 6) is 1.88.